The molecule has 3 rings (SSSR count). The standard InChI is InChI=1S/C22H16F3N3O4/c1-31-21(29)18-17(11-6-4-3-5-7-11)12(10-26)20(27)28(19(18)22(30)32-2)16-9-14(24)13(23)8-15(16)25/h3-9,17H,27H2,1-2H3. The zero-order chi connectivity index (χ0) is 23.6. The number of carbonyl (C=O) groups is 2. The highest BCUT2D eigenvalue weighted by atomic mass is 19.2. The van der Waals surface area contributed by atoms with Crippen molar-refractivity contribution in [3.05, 3.63) is 88.1 Å². The van der Waals surface area contributed by atoms with E-state index in [1.807, 2.05) is 6.07 Å². The Morgan fingerprint density at radius 1 is 1.00 bits per heavy atom. The third kappa shape index (κ3) is 3.65. The maximum atomic E-state index is 14.7. The minimum absolute atomic E-state index is 0.242. The van der Waals surface area contributed by atoms with Gasteiger partial charge in [0.15, 0.2) is 11.6 Å². The number of hydrogen-bond donors (Lipinski definition) is 1. The average molecular weight is 443 g/mol. The number of ether oxygens (including phenoxy) is 2. The minimum atomic E-state index is -1.48. The zero-order valence-electron chi connectivity index (χ0n) is 16.9. The van der Waals surface area contributed by atoms with E-state index in [0.717, 1.165) is 14.2 Å². The number of nitriles is 1. The predicted molar refractivity (Wildman–Crippen MR) is 106 cm³/mol. The van der Waals surface area contributed by atoms with Crippen molar-refractivity contribution in [2.75, 3.05) is 19.1 Å². The maximum absolute atomic E-state index is 14.7. The first kappa shape index (κ1) is 22.4. The quantitative estimate of drug-likeness (QED) is 0.572. The van der Waals surface area contributed by atoms with Crippen molar-refractivity contribution >= 4 is 17.6 Å². The lowest BCUT2D eigenvalue weighted by Gasteiger charge is -2.36. The molecule has 0 bridgehead atoms. The summed E-state index contributed by atoms with van der Waals surface area (Å²) >= 11 is 0. The second kappa shape index (κ2) is 8.85. The molecular formula is C22H16F3N3O4. The highest BCUT2D eigenvalue weighted by molar-refractivity contribution is 6.06. The summed E-state index contributed by atoms with van der Waals surface area (Å²) in [5.74, 6) is -8.05. The molecule has 2 aromatic carbocycles. The van der Waals surface area contributed by atoms with Crippen LogP contribution >= 0.6 is 0 Å². The molecule has 2 aromatic rings. The zero-order valence-corrected chi connectivity index (χ0v) is 16.9. The van der Waals surface area contributed by atoms with Crippen molar-refractivity contribution in [2.24, 2.45) is 5.73 Å². The average Bonchev–Trinajstić information content (AvgIpc) is 2.80. The van der Waals surface area contributed by atoms with Gasteiger partial charge in [-0.05, 0) is 5.56 Å². The Bertz CT molecular complexity index is 1200. The van der Waals surface area contributed by atoms with Gasteiger partial charge in [-0.2, -0.15) is 5.26 Å². The molecule has 0 aliphatic carbocycles. The highest BCUT2D eigenvalue weighted by Gasteiger charge is 2.43. The fourth-order valence-electron chi connectivity index (χ4n) is 3.45. The van der Waals surface area contributed by atoms with Gasteiger partial charge < -0.3 is 15.2 Å². The summed E-state index contributed by atoms with van der Waals surface area (Å²) in [5, 5.41) is 9.85. The first-order chi connectivity index (χ1) is 15.3. The lowest BCUT2D eigenvalue weighted by Crippen LogP contribution is -2.41. The molecule has 1 aliphatic heterocycles. The molecule has 0 radical (unpaired) electrons. The summed E-state index contributed by atoms with van der Waals surface area (Å²) < 4.78 is 51.8. The van der Waals surface area contributed by atoms with Crippen LogP contribution in [-0.4, -0.2) is 26.2 Å². The molecule has 1 atom stereocenters. The minimum Gasteiger partial charge on any atom is -0.466 e. The van der Waals surface area contributed by atoms with E-state index in [4.69, 9.17) is 15.2 Å². The predicted octanol–water partition coefficient (Wildman–Crippen LogP) is 3.00. The third-order valence-corrected chi connectivity index (χ3v) is 4.84. The van der Waals surface area contributed by atoms with Crippen LogP contribution < -0.4 is 10.6 Å². The van der Waals surface area contributed by atoms with E-state index in [2.05, 4.69) is 0 Å². The van der Waals surface area contributed by atoms with E-state index in [1.54, 1.807) is 30.3 Å². The summed E-state index contributed by atoms with van der Waals surface area (Å²) in [6, 6.07) is 10.7. The second-order valence-electron chi connectivity index (χ2n) is 6.55. The molecule has 1 heterocycles. The molecule has 0 saturated heterocycles. The first-order valence-corrected chi connectivity index (χ1v) is 9.06. The van der Waals surface area contributed by atoms with Crippen LogP contribution in [0.4, 0.5) is 18.9 Å². The van der Waals surface area contributed by atoms with Crippen molar-refractivity contribution in [3.63, 3.8) is 0 Å². The molecule has 0 aromatic heterocycles. The summed E-state index contributed by atoms with van der Waals surface area (Å²) in [6.45, 7) is 0. The SMILES string of the molecule is COC(=O)C1=C(C(=O)OC)N(c2cc(F)c(F)cc2F)C(N)=C(C#N)C1c1ccccc1. The van der Waals surface area contributed by atoms with Gasteiger partial charge in [0.1, 0.15) is 17.3 Å². The van der Waals surface area contributed by atoms with Gasteiger partial charge in [0, 0.05) is 12.1 Å². The Morgan fingerprint density at radius 2 is 1.59 bits per heavy atom. The van der Waals surface area contributed by atoms with Gasteiger partial charge >= 0.3 is 11.9 Å². The number of rotatable bonds is 4. The molecule has 0 spiro atoms. The number of carbonyl (C=O) groups excluding carboxylic acids is 2. The lowest BCUT2D eigenvalue weighted by atomic mass is 9.81. The Morgan fingerprint density at radius 3 is 2.16 bits per heavy atom. The van der Waals surface area contributed by atoms with E-state index >= 15 is 0 Å². The molecule has 1 unspecified atom stereocenters. The van der Waals surface area contributed by atoms with Crippen LogP contribution in [0, 0.1) is 28.8 Å². The summed E-state index contributed by atoms with van der Waals surface area (Å²) in [6.07, 6.45) is 0. The van der Waals surface area contributed by atoms with Crippen molar-refractivity contribution in [1.29, 1.82) is 5.26 Å². The molecule has 0 fully saturated rings. The summed E-state index contributed by atoms with van der Waals surface area (Å²) in [4.78, 5) is 26.2. The smallest absolute Gasteiger partial charge is 0.355 e. The van der Waals surface area contributed by atoms with Crippen LogP contribution in [0.5, 0.6) is 0 Å². The van der Waals surface area contributed by atoms with E-state index < -0.39 is 52.5 Å². The number of nitrogens with zero attached hydrogens (tertiary/aromatic N) is 2. The highest BCUT2D eigenvalue weighted by Crippen LogP contribution is 2.43. The molecule has 0 saturated carbocycles. The van der Waals surface area contributed by atoms with Gasteiger partial charge in [-0.15, -0.1) is 0 Å². The Balaban J connectivity index is 2.46. The molecule has 0 amide bonds. The Hall–Kier alpha value is -4.26. The first-order valence-electron chi connectivity index (χ1n) is 9.06. The molecule has 32 heavy (non-hydrogen) atoms. The normalized spacial score (nSPS) is 16.0. The van der Waals surface area contributed by atoms with E-state index in [9.17, 15) is 28.0 Å². The van der Waals surface area contributed by atoms with Crippen LogP contribution in [0.3, 0.4) is 0 Å². The molecule has 2 N–H and O–H groups in total. The van der Waals surface area contributed by atoms with Crippen molar-refractivity contribution in [1.82, 2.24) is 0 Å². The van der Waals surface area contributed by atoms with Crippen molar-refractivity contribution < 1.29 is 32.2 Å². The Kier molecular flexibility index (Phi) is 6.20. The number of hydrogen-bond acceptors (Lipinski definition) is 7. The maximum Gasteiger partial charge on any atom is 0.355 e. The number of halogens is 3. The van der Waals surface area contributed by atoms with Crippen LogP contribution in [0.25, 0.3) is 0 Å². The number of nitrogens with two attached hydrogens (primary N) is 1. The number of anilines is 1. The third-order valence-electron chi connectivity index (χ3n) is 4.84. The Labute approximate surface area is 180 Å². The topological polar surface area (TPSA) is 106 Å². The molecule has 164 valence electrons. The number of methoxy groups -OCH3 is 2. The fraction of sp³-hybridized carbons (Fsp3) is 0.136. The molecule has 7 nitrogen and oxygen atoms in total. The van der Waals surface area contributed by atoms with Crippen molar-refractivity contribution in [3.8, 4) is 6.07 Å². The van der Waals surface area contributed by atoms with Gasteiger partial charge in [0.25, 0.3) is 0 Å². The summed E-state index contributed by atoms with van der Waals surface area (Å²) in [5.41, 5.74) is 4.61. The van der Waals surface area contributed by atoms with Crippen LogP contribution in [0.2, 0.25) is 0 Å². The van der Waals surface area contributed by atoms with Gasteiger partial charge in [0.05, 0.1) is 43.0 Å². The number of benzene rings is 2. The van der Waals surface area contributed by atoms with Gasteiger partial charge in [-0.3, -0.25) is 4.90 Å². The molecule has 10 heteroatoms. The van der Waals surface area contributed by atoms with Gasteiger partial charge in [-0.25, -0.2) is 22.8 Å². The summed E-state index contributed by atoms with van der Waals surface area (Å²) in [7, 11) is 2.05. The number of allylic oxidation sites excluding steroid dienone is 1. The largest absolute Gasteiger partial charge is 0.466 e. The van der Waals surface area contributed by atoms with Crippen LogP contribution in [0.15, 0.2) is 65.1 Å². The van der Waals surface area contributed by atoms with Crippen LogP contribution in [-0.2, 0) is 19.1 Å². The van der Waals surface area contributed by atoms with Crippen LogP contribution in [0.1, 0.15) is 11.5 Å². The van der Waals surface area contributed by atoms with E-state index in [0.29, 0.717) is 16.5 Å². The van der Waals surface area contributed by atoms with Crippen molar-refractivity contribution in [2.45, 2.75) is 5.92 Å². The molecule has 1 aliphatic rings. The van der Waals surface area contributed by atoms with Gasteiger partial charge in [0.2, 0.25) is 0 Å². The lowest BCUT2D eigenvalue weighted by molar-refractivity contribution is -0.139. The second-order valence-corrected chi connectivity index (χ2v) is 6.55. The fourth-order valence-corrected chi connectivity index (χ4v) is 3.45. The molecular weight excluding hydrogens is 427 g/mol. The van der Waals surface area contributed by atoms with E-state index in [-0.39, 0.29) is 17.2 Å². The van der Waals surface area contributed by atoms with E-state index in [1.165, 1.54) is 0 Å². The van der Waals surface area contributed by atoms with Gasteiger partial charge in [-0.1, -0.05) is 30.3 Å². The monoisotopic (exact) mass is 443 g/mol. The number of esters is 2.